The molecule has 0 fully saturated rings. The van der Waals surface area contributed by atoms with E-state index in [1.165, 1.54) is 0 Å². The fourth-order valence-corrected chi connectivity index (χ4v) is 2.93. The third kappa shape index (κ3) is 5.45. The molecule has 27 heavy (non-hydrogen) atoms. The van der Waals surface area contributed by atoms with Crippen molar-refractivity contribution in [1.82, 2.24) is 0 Å². The molecule has 0 aliphatic heterocycles. The highest BCUT2D eigenvalue weighted by Crippen LogP contribution is 2.21. The maximum atomic E-state index is 12.3. The van der Waals surface area contributed by atoms with E-state index in [0.717, 1.165) is 24.2 Å². The second kappa shape index (κ2) is 9.03. The third-order valence-corrected chi connectivity index (χ3v) is 4.51. The predicted molar refractivity (Wildman–Crippen MR) is 104 cm³/mol. The highest BCUT2D eigenvalue weighted by molar-refractivity contribution is 6.04. The lowest BCUT2D eigenvalue weighted by molar-refractivity contribution is -0.145. The Morgan fingerprint density at radius 1 is 1.07 bits per heavy atom. The summed E-state index contributed by atoms with van der Waals surface area (Å²) in [6.45, 7) is 0.218. The van der Waals surface area contributed by atoms with Crippen molar-refractivity contribution in [2.45, 2.75) is 25.9 Å². The first-order valence-corrected chi connectivity index (χ1v) is 9.00. The van der Waals surface area contributed by atoms with E-state index in [9.17, 15) is 9.59 Å². The summed E-state index contributed by atoms with van der Waals surface area (Å²) in [5, 5.41) is 2.83. The number of rotatable bonds is 7. The Bertz CT molecular complexity index is 809. The van der Waals surface area contributed by atoms with Gasteiger partial charge in [0.1, 0.15) is 12.4 Å². The molecule has 1 atom stereocenters. The molecule has 2 aromatic rings. The quantitative estimate of drug-likeness (QED) is 0.585. The van der Waals surface area contributed by atoms with Crippen LogP contribution >= 0.6 is 0 Å². The summed E-state index contributed by atoms with van der Waals surface area (Å²) in [6.07, 6.45) is 6.68. The number of anilines is 1. The van der Waals surface area contributed by atoms with Crippen molar-refractivity contribution < 1.29 is 19.1 Å². The van der Waals surface area contributed by atoms with Crippen LogP contribution in [-0.4, -0.2) is 19.0 Å². The fraction of sp³-hybridized carbons (Fsp3) is 0.273. The van der Waals surface area contributed by atoms with Crippen molar-refractivity contribution in [2.24, 2.45) is 5.92 Å². The molecule has 0 heterocycles. The van der Waals surface area contributed by atoms with E-state index < -0.39 is 0 Å². The molecule has 2 aromatic carbocycles. The summed E-state index contributed by atoms with van der Waals surface area (Å²) in [6, 6.07) is 14.2. The Morgan fingerprint density at radius 2 is 1.81 bits per heavy atom. The second-order valence-electron chi connectivity index (χ2n) is 6.51. The zero-order valence-electron chi connectivity index (χ0n) is 15.3. The first kappa shape index (κ1) is 18.7. The molecule has 0 radical (unpaired) electrons. The van der Waals surface area contributed by atoms with E-state index in [1.807, 2.05) is 0 Å². The number of benzene rings is 2. The van der Waals surface area contributed by atoms with Crippen molar-refractivity contribution in [3.05, 3.63) is 71.8 Å². The number of ether oxygens (including phenoxy) is 2. The van der Waals surface area contributed by atoms with Gasteiger partial charge in [-0.1, -0.05) is 24.3 Å². The predicted octanol–water partition coefficient (Wildman–Crippen LogP) is 4.35. The smallest absolute Gasteiger partial charge is 0.306 e. The molecule has 0 spiro atoms. The second-order valence-corrected chi connectivity index (χ2v) is 6.51. The van der Waals surface area contributed by atoms with E-state index in [2.05, 4.69) is 17.5 Å². The van der Waals surface area contributed by atoms with Gasteiger partial charge in [0.05, 0.1) is 13.5 Å². The number of hydrogen-bond donors (Lipinski definition) is 1. The van der Waals surface area contributed by atoms with Gasteiger partial charge >= 0.3 is 5.97 Å². The summed E-state index contributed by atoms with van der Waals surface area (Å²) in [5.41, 5.74) is 2.09. The van der Waals surface area contributed by atoms with Gasteiger partial charge in [-0.2, -0.15) is 0 Å². The average Bonchev–Trinajstić information content (AvgIpc) is 3.20. The van der Waals surface area contributed by atoms with Crippen LogP contribution in [0.2, 0.25) is 0 Å². The SMILES string of the molecule is COc1ccc(NC(=O)c2ccc(COC(=O)CC3C=CCC3)cc2)cc1. The molecular weight excluding hydrogens is 342 g/mol. The molecule has 140 valence electrons. The molecule has 5 nitrogen and oxygen atoms in total. The highest BCUT2D eigenvalue weighted by atomic mass is 16.5. The minimum absolute atomic E-state index is 0.187. The molecule has 0 bridgehead atoms. The number of esters is 1. The number of allylic oxidation sites excluding steroid dienone is 2. The zero-order valence-corrected chi connectivity index (χ0v) is 15.3. The Labute approximate surface area is 159 Å². The van der Waals surface area contributed by atoms with Gasteiger partial charge in [-0.15, -0.1) is 0 Å². The summed E-state index contributed by atoms with van der Waals surface area (Å²) in [7, 11) is 1.60. The van der Waals surface area contributed by atoms with E-state index in [-0.39, 0.29) is 18.5 Å². The van der Waals surface area contributed by atoms with E-state index in [0.29, 0.717) is 23.6 Å². The van der Waals surface area contributed by atoms with Crippen molar-refractivity contribution in [3.8, 4) is 5.75 Å². The molecule has 0 aromatic heterocycles. The molecule has 1 amide bonds. The molecule has 1 aliphatic carbocycles. The van der Waals surface area contributed by atoms with Gasteiger partial charge in [-0.25, -0.2) is 0 Å². The first-order chi connectivity index (χ1) is 13.1. The van der Waals surface area contributed by atoms with Gasteiger partial charge < -0.3 is 14.8 Å². The van der Waals surface area contributed by atoms with Crippen LogP contribution in [0.4, 0.5) is 5.69 Å². The first-order valence-electron chi connectivity index (χ1n) is 9.00. The van der Waals surface area contributed by atoms with Crippen LogP contribution in [0, 0.1) is 5.92 Å². The molecule has 1 N–H and O–H groups in total. The molecule has 1 aliphatic rings. The van der Waals surface area contributed by atoms with E-state index in [4.69, 9.17) is 9.47 Å². The van der Waals surface area contributed by atoms with Gasteiger partial charge in [0.25, 0.3) is 5.91 Å². The molecule has 3 rings (SSSR count). The third-order valence-electron chi connectivity index (χ3n) is 4.51. The topological polar surface area (TPSA) is 64.6 Å². The Morgan fingerprint density at radius 3 is 2.44 bits per heavy atom. The van der Waals surface area contributed by atoms with E-state index >= 15 is 0 Å². The van der Waals surface area contributed by atoms with Crippen LogP contribution in [0.3, 0.4) is 0 Å². The minimum Gasteiger partial charge on any atom is -0.497 e. The molecule has 1 unspecified atom stereocenters. The van der Waals surface area contributed by atoms with Crippen LogP contribution in [0.1, 0.15) is 35.2 Å². The van der Waals surface area contributed by atoms with Gasteiger partial charge in [0.15, 0.2) is 0 Å². The molecule has 5 heteroatoms. The minimum atomic E-state index is -0.197. The van der Waals surface area contributed by atoms with Gasteiger partial charge in [0.2, 0.25) is 0 Å². The fourth-order valence-electron chi connectivity index (χ4n) is 2.93. The number of hydrogen-bond acceptors (Lipinski definition) is 4. The Kier molecular flexibility index (Phi) is 6.26. The molecular formula is C22H23NO4. The van der Waals surface area contributed by atoms with Crippen LogP contribution in [-0.2, 0) is 16.1 Å². The number of methoxy groups -OCH3 is 1. The maximum absolute atomic E-state index is 12.3. The van der Waals surface area contributed by atoms with Gasteiger partial charge in [-0.05, 0) is 60.7 Å². The van der Waals surface area contributed by atoms with Gasteiger partial charge in [0, 0.05) is 11.3 Å². The lowest BCUT2D eigenvalue weighted by Crippen LogP contribution is -2.12. The summed E-state index contributed by atoms with van der Waals surface area (Å²) in [5.74, 6) is 0.655. The lowest BCUT2D eigenvalue weighted by atomic mass is 10.1. The zero-order chi connectivity index (χ0) is 19.1. The lowest BCUT2D eigenvalue weighted by Gasteiger charge is -2.09. The normalized spacial score (nSPS) is 15.4. The number of amides is 1. The number of carbonyl (C=O) groups is 2. The van der Waals surface area contributed by atoms with Crippen LogP contribution in [0.5, 0.6) is 5.75 Å². The molecule has 0 saturated carbocycles. The van der Waals surface area contributed by atoms with Crippen molar-refractivity contribution >= 4 is 17.6 Å². The Balaban J connectivity index is 1.49. The van der Waals surface area contributed by atoms with Crippen LogP contribution < -0.4 is 10.1 Å². The largest absolute Gasteiger partial charge is 0.497 e. The average molecular weight is 365 g/mol. The number of carbonyl (C=O) groups excluding carboxylic acids is 2. The monoisotopic (exact) mass is 365 g/mol. The number of nitrogens with one attached hydrogen (secondary N) is 1. The highest BCUT2D eigenvalue weighted by Gasteiger charge is 2.15. The van der Waals surface area contributed by atoms with Gasteiger partial charge in [-0.3, -0.25) is 9.59 Å². The van der Waals surface area contributed by atoms with Crippen molar-refractivity contribution in [2.75, 3.05) is 12.4 Å². The van der Waals surface area contributed by atoms with Crippen molar-refractivity contribution in [1.29, 1.82) is 0 Å². The van der Waals surface area contributed by atoms with E-state index in [1.54, 1.807) is 55.6 Å². The Hall–Kier alpha value is -3.08. The van der Waals surface area contributed by atoms with Crippen molar-refractivity contribution in [3.63, 3.8) is 0 Å². The summed E-state index contributed by atoms with van der Waals surface area (Å²) >= 11 is 0. The molecule has 0 saturated heterocycles. The van der Waals surface area contributed by atoms with Crippen LogP contribution in [0.25, 0.3) is 0 Å². The standard InChI is InChI=1S/C22H23NO4/c1-26-20-12-10-19(11-13-20)23-22(25)18-8-6-17(7-9-18)15-27-21(24)14-16-4-2-3-5-16/h2,4,6-13,16H,3,5,14-15H2,1H3,(H,23,25). The maximum Gasteiger partial charge on any atom is 0.306 e. The van der Waals surface area contributed by atoms with Crippen LogP contribution in [0.15, 0.2) is 60.7 Å². The summed E-state index contributed by atoms with van der Waals surface area (Å²) < 4.78 is 10.4. The summed E-state index contributed by atoms with van der Waals surface area (Å²) in [4.78, 5) is 24.2.